The van der Waals surface area contributed by atoms with E-state index in [9.17, 15) is 15.2 Å². The summed E-state index contributed by atoms with van der Waals surface area (Å²) in [6, 6.07) is 9.46. The zero-order valence-corrected chi connectivity index (χ0v) is 20.2. The summed E-state index contributed by atoms with van der Waals surface area (Å²) in [5.41, 5.74) is 3.88. The molecule has 36 heavy (non-hydrogen) atoms. The van der Waals surface area contributed by atoms with Crippen molar-refractivity contribution in [1.82, 2.24) is 29.0 Å². The van der Waals surface area contributed by atoms with Crippen LogP contribution in [0.25, 0.3) is 27.9 Å². The first-order chi connectivity index (χ1) is 17.5. The predicted molar refractivity (Wildman–Crippen MR) is 136 cm³/mol. The highest BCUT2D eigenvalue weighted by Gasteiger charge is 2.28. The Bertz CT molecular complexity index is 1540. The third kappa shape index (κ3) is 3.90. The van der Waals surface area contributed by atoms with Crippen molar-refractivity contribution in [2.45, 2.75) is 37.8 Å². The quantitative estimate of drug-likeness (QED) is 0.471. The fourth-order valence-corrected chi connectivity index (χ4v) is 5.35. The maximum atomic E-state index is 13.9. The van der Waals surface area contributed by atoms with Gasteiger partial charge in [-0.25, -0.2) is 14.5 Å². The van der Waals surface area contributed by atoms with Crippen LogP contribution in [0.1, 0.15) is 37.3 Å². The summed E-state index contributed by atoms with van der Waals surface area (Å²) in [6.45, 7) is 3.27. The first kappa shape index (κ1) is 22.6. The number of hydrogen-bond donors (Lipinski definition) is 1. The van der Waals surface area contributed by atoms with Crippen LogP contribution in [0.5, 0.6) is 0 Å². The highest BCUT2D eigenvalue weighted by atomic mass is 16.3. The maximum Gasteiger partial charge on any atom is 0.295 e. The molecule has 0 atom stereocenters. The van der Waals surface area contributed by atoms with E-state index < -0.39 is 0 Å². The fraction of sp³-hybridized carbons (Fsp3) is 0.423. The zero-order chi connectivity index (χ0) is 24.8. The monoisotopic (exact) mass is 484 g/mol. The van der Waals surface area contributed by atoms with Crippen LogP contribution in [0.2, 0.25) is 0 Å². The first-order valence-corrected chi connectivity index (χ1v) is 12.4. The van der Waals surface area contributed by atoms with Gasteiger partial charge >= 0.3 is 0 Å². The third-order valence-electron chi connectivity index (χ3n) is 7.48. The van der Waals surface area contributed by atoms with Crippen molar-refractivity contribution in [3.63, 3.8) is 0 Å². The normalized spacial score (nSPS) is 21.2. The van der Waals surface area contributed by atoms with Crippen molar-refractivity contribution in [2.75, 3.05) is 38.1 Å². The number of piperazine rings is 1. The number of rotatable bonds is 3. The van der Waals surface area contributed by atoms with Crippen LogP contribution < -0.4 is 10.5 Å². The van der Waals surface area contributed by atoms with Crippen LogP contribution in [0.15, 0.2) is 41.5 Å². The minimum Gasteiger partial charge on any atom is -0.393 e. The van der Waals surface area contributed by atoms with E-state index in [4.69, 9.17) is 9.97 Å². The molecule has 4 aromatic heterocycles. The van der Waals surface area contributed by atoms with Gasteiger partial charge in [0.2, 0.25) is 0 Å². The molecule has 4 aromatic rings. The molecule has 0 unspecified atom stereocenters. The fourth-order valence-electron chi connectivity index (χ4n) is 5.35. The second-order valence-electron chi connectivity index (χ2n) is 9.82. The largest absolute Gasteiger partial charge is 0.393 e. The summed E-state index contributed by atoms with van der Waals surface area (Å²) in [5.74, 6) is 0.478. The van der Waals surface area contributed by atoms with E-state index in [0.717, 1.165) is 50.1 Å². The summed E-state index contributed by atoms with van der Waals surface area (Å²) in [6.07, 6.45) is 5.93. The number of nitriles is 1. The van der Waals surface area contributed by atoms with Crippen LogP contribution in [-0.4, -0.2) is 73.5 Å². The second-order valence-corrected chi connectivity index (χ2v) is 9.82. The van der Waals surface area contributed by atoms with Gasteiger partial charge < -0.3 is 14.9 Å². The van der Waals surface area contributed by atoms with E-state index in [1.165, 1.54) is 0 Å². The molecule has 0 radical (unpaired) electrons. The number of hydrogen-bond acceptors (Lipinski definition) is 8. The number of aliphatic hydroxyl groups is 1. The molecule has 1 saturated carbocycles. The molecule has 0 amide bonds. The number of likely N-dealkylation sites (N-methyl/N-ethyl adjacent to an activating group) is 1. The van der Waals surface area contributed by atoms with Gasteiger partial charge in [-0.3, -0.25) is 9.36 Å². The summed E-state index contributed by atoms with van der Waals surface area (Å²) in [4.78, 5) is 28.0. The van der Waals surface area contributed by atoms with E-state index in [1.807, 2.05) is 16.7 Å². The van der Waals surface area contributed by atoms with E-state index in [2.05, 4.69) is 28.0 Å². The van der Waals surface area contributed by atoms with E-state index in [-0.39, 0.29) is 17.7 Å². The summed E-state index contributed by atoms with van der Waals surface area (Å²) < 4.78 is 3.53. The lowest BCUT2D eigenvalue weighted by atomic mass is 9.93. The smallest absolute Gasteiger partial charge is 0.295 e. The second kappa shape index (κ2) is 9.00. The van der Waals surface area contributed by atoms with Gasteiger partial charge in [0, 0.05) is 44.0 Å². The molecule has 0 aromatic carbocycles. The van der Waals surface area contributed by atoms with Crippen molar-refractivity contribution < 1.29 is 5.11 Å². The Hall–Kier alpha value is -3.81. The highest BCUT2D eigenvalue weighted by molar-refractivity contribution is 5.83. The van der Waals surface area contributed by atoms with E-state index >= 15 is 0 Å². The Balaban J connectivity index is 1.52. The molecule has 6 rings (SSSR count). The highest BCUT2D eigenvalue weighted by Crippen LogP contribution is 2.31. The number of nitrogens with zero attached hydrogens (tertiary/aromatic N) is 8. The van der Waals surface area contributed by atoms with Crippen LogP contribution in [0, 0.1) is 11.3 Å². The molecule has 2 fully saturated rings. The molecule has 184 valence electrons. The van der Waals surface area contributed by atoms with Gasteiger partial charge in [0.15, 0.2) is 11.5 Å². The average molecular weight is 485 g/mol. The standard InChI is InChI=1S/C26H28N8O2/c1-31-10-12-32(13-11-31)25-26(36)34(18-2-4-19(35)5-3-18)24-22(30-25)7-6-21(29-24)20-16-28-33-9-8-17(15-27)14-23(20)33/h6-9,14,16,18-19,35H,2-5,10-13H2,1H3/t18-,19-. The van der Waals surface area contributed by atoms with Gasteiger partial charge in [-0.15, -0.1) is 0 Å². The molecule has 10 nitrogen and oxygen atoms in total. The number of anilines is 1. The van der Waals surface area contributed by atoms with Crippen molar-refractivity contribution in [3.8, 4) is 17.3 Å². The van der Waals surface area contributed by atoms with Crippen LogP contribution in [0.3, 0.4) is 0 Å². The topological polar surface area (TPSA) is 116 Å². The third-order valence-corrected chi connectivity index (χ3v) is 7.48. The van der Waals surface area contributed by atoms with Gasteiger partial charge in [-0.1, -0.05) is 0 Å². The predicted octanol–water partition coefficient (Wildman–Crippen LogP) is 2.21. The zero-order valence-electron chi connectivity index (χ0n) is 20.2. The molecule has 1 saturated heterocycles. The minimum absolute atomic E-state index is 0.0468. The summed E-state index contributed by atoms with van der Waals surface area (Å²) in [7, 11) is 2.09. The Labute approximate surface area is 208 Å². The number of aromatic nitrogens is 5. The lowest BCUT2D eigenvalue weighted by Crippen LogP contribution is -2.47. The van der Waals surface area contributed by atoms with E-state index in [0.29, 0.717) is 41.1 Å². The number of fused-ring (bicyclic) bond motifs is 2. The van der Waals surface area contributed by atoms with Gasteiger partial charge in [-0.05, 0) is 57.0 Å². The summed E-state index contributed by atoms with van der Waals surface area (Å²) >= 11 is 0. The molecular formula is C26H28N8O2. The Kier molecular flexibility index (Phi) is 5.66. The Morgan fingerprint density at radius 3 is 2.58 bits per heavy atom. The van der Waals surface area contributed by atoms with Gasteiger partial charge in [0.1, 0.15) is 5.52 Å². The van der Waals surface area contributed by atoms with Crippen molar-refractivity contribution in [3.05, 3.63) is 52.6 Å². The van der Waals surface area contributed by atoms with Crippen LogP contribution >= 0.6 is 0 Å². The molecule has 0 bridgehead atoms. The lowest BCUT2D eigenvalue weighted by molar-refractivity contribution is 0.111. The first-order valence-electron chi connectivity index (χ1n) is 12.4. The van der Waals surface area contributed by atoms with Gasteiger partial charge in [0.25, 0.3) is 5.56 Å². The minimum atomic E-state index is -0.321. The molecule has 1 aliphatic heterocycles. The Morgan fingerprint density at radius 1 is 1.06 bits per heavy atom. The SMILES string of the molecule is CN1CCN(c2nc3ccc(-c4cnn5ccc(C#N)cc45)nc3n([C@H]3CC[C@H](O)CC3)c2=O)CC1. The van der Waals surface area contributed by atoms with E-state index in [1.54, 1.807) is 29.0 Å². The molecule has 10 heteroatoms. The van der Waals surface area contributed by atoms with Crippen LogP contribution in [0.4, 0.5) is 5.82 Å². The average Bonchev–Trinajstić information content (AvgIpc) is 3.32. The van der Waals surface area contributed by atoms with Crippen molar-refractivity contribution >= 4 is 22.5 Å². The molecule has 0 spiro atoms. The van der Waals surface area contributed by atoms with Gasteiger partial charge in [-0.2, -0.15) is 10.4 Å². The molecule has 2 aliphatic rings. The van der Waals surface area contributed by atoms with Crippen LogP contribution in [-0.2, 0) is 0 Å². The Morgan fingerprint density at radius 2 is 1.83 bits per heavy atom. The number of pyridine rings is 2. The van der Waals surface area contributed by atoms with Crippen molar-refractivity contribution in [2.24, 2.45) is 0 Å². The molecule has 1 aliphatic carbocycles. The molecule has 1 N–H and O–H groups in total. The number of aliphatic hydroxyl groups excluding tert-OH is 1. The molecule has 5 heterocycles. The lowest BCUT2D eigenvalue weighted by Gasteiger charge is -2.34. The van der Waals surface area contributed by atoms with Gasteiger partial charge in [0.05, 0.1) is 35.1 Å². The maximum absolute atomic E-state index is 13.9. The van der Waals surface area contributed by atoms with Crippen molar-refractivity contribution in [1.29, 1.82) is 5.26 Å². The molecular weight excluding hydrogens is 456 g/mol. The summed E-state index contributed by atoms with van der Waals surface area (Å²) in [5, 5.41) is 23.9.